The molecule has 0 unspecified atom stereocenters. The summed E-state index contributed by atoms with van der Waals surface area (Å²) in [6, 6.07) is 11.1. The summed E-state index contributed by atoms with van der Waals surface area (Å²) in [5.41, 5.74) is 5.73. The highest BCUT2D eigenvalue weighted by atomic mass is 32.2. The normalized spacial score (nSPS) is 15.3. The van der Waals surface area contributed by atoms with Crippen LogP contribution in [-0.4, -0.2) is 27.6 Å². The molecule has 3 rings (SSSR count). The molecule has 0 fully saturated rings. The number of aliphatic imine (C=N–C) groups is 1. The van der Waals surface area contributed by atoms with E-state index in [0.29, 0.717) is 23.2 Å². The predicted molar refractivity (Wildman–Crippen MR) is 102 cm³/mol. The Kier molecular flexibility index (Phi) is 5.52. The van der Waals surface area contributed by atoms with Crippen LogP contribution in [-0.2, 0) is 11.3 Å². The number of amides is 1. The minimum atomic E-state index is -0.270. The number of benzene rings is 2. The Bertz CT molecular complexity index is 881. The predicted octanol–water partition coefficient (Wildman–Crippen LogP) is 3.09. The molecule has 3 N–H and O–H groups in total. The molecule has 1 aliphatic heterocycles. The summed E-state index contributed by atoms with van der Waals surface area (Å²) in [5, 5.41) is 17.4. The molecule has 1 heterocycles. The molecular weight excluding hydrogens is 355 g/mol. The van der Waals surface area contributed by atoms with E-state index >= 15 is 0 Å². The van der Waals surface area contributed by atoms with Crippen molar-refractivity contribution in [3.8, 4) is 5.75 Å². The number of anilines is 1. The number of rotatable bonds is 4. The maximum atomic E-state index is 12.9. The number of phenols is 1. The summed E-state index contributed by atoms with van der Waals surface area (Å²) in [6.07, 6.45) is 0. The smallest absolute Gasteiger partial charge is 0.221 e. The second-order valence-electron chi connectivity index (χ2n) is 5.62. The number of nitrogens with zero attached hydrogens (tertiary/aromatic N) is 2. The van der Waals surface area contributed by atoms with Crippen LogP contribution in [0.3, 0.4) is 0 Å². The summed E-state index contributed by atoms with van der Waals surface area (Å²) in [4.78, 5) is 15.6. The van der Waals surface area contributed by atoms with Gasteiger partial charge in [-0.15, -0.1) is 0 Å². The average molecular weight is 372 g/mol. The molecule has 6 nitrogen and oxygen atoms in total. The zero-order valence-electron chi connectivity index (χ0n) is 14.0. The number of amidine groups is 1. The van der Waals surface area contributed by atoms with Crippen molar-refractivity contribution < 1.29 is 14.3 Å². The first kappa shape index (κ1) is 17.9. The Morgan fingerprint density at radius 3 is 2.77 bits per heavy atom. The molecule has 0 spiro atoms. The van der Waals surface area contributed by atoms with Crippen molar-refractivity contribution in [1.82, 2.24) is 5.43 Å². The molecule has 1 amide bonds. The van der Waals surface area contributed by atoms with Gasteiger partial charge >= 0.3 is 0 Å². The molecule has 1 aliphatic rings. The quantitative estimate of drug-likeness (QED) is 0.720. The number of hydrogen-bond acceptors (Lipinski definition) is 5. The largest absolute Gasteiger partial charge is 0.506 e. The molecule has 8 heteroatoms. The van der Waals surface area contributed by atoms with Crippen molar-refractivity contribution >= 4 is 34.2 Å². The van der Waals surface area contributed by atoms with Gasteiger partial charge < -0.3 is 10.4 Å². The Labute approximate surface area is 154 Å². The molecular formula is C18H17FN4O2S. The number of thioether (sulfide) groups is 1. The zero-order chi connectivity index (χ0) is 18.5. The third kappa shape index (κ3) is 4.60. The van der Waals surface area contributed by atoms with Crippen LogP contribution in [0.5, 0.6) is 5.75 Å². The molecule has 0 radical (unpaired) electrons. The molecule has 2 aromatic carbocycles. The van der Waals surface area contributed by atoms with E-state index in [1.807, 2.05) is 0 Å². The summed E-state index contributed by atoms with van der Waals surface area (Å²) in [5.74, 6) is 0.0705. The van der Waals surface area contributed by atoms with Gasteiger partial charge in [-0.1, -0.05) is 23.9 Å². The van der Waals surface area contributed by atoms with Crippen molar-refractivity contribution in [1.29, 1.82) is 0 Å². The zero-order valence-corrected chi connectivity index (χ0v) is 14.8. The Morgan fingerprint density at radius 2 is 2.12 bits per heavy atom. The summed E-state index contributed by atoms with van der Waals surface area (Å²) >= 11 is 1.50. The lowest BCUT2D eigenvalue weighted by Crippen LogP contribution is -2.25. The molecule has 134 valence electrons. The maximum Gasteiger partial charge on any atom is 0.221 e. The van der Waals surface area contributed by atoms with E-state index in [0.717, 1.165) is 16.8 Å². The first-order valence-corrected chi connectivity index (χ1v) is 8.85. The number of aromatic hydroxyl groups is 1. The van der Waals surface area contributed by atoms with Crippen LogP contribution in [0.1, 0.15) is 18.1 Å². The topological polar surface area (TPSA) is 86.1 Å². The Balaban J connectivity index is 1.68. The van der Waals surface area contributed by atoms with Gasteiger partial charge in [0.25, 0.3) is 0 Å². The number of carbonyl (C=O) groups is 1. The molecule has 26 heavy (non-hydrogen) atoms. The average Bonchev–Trinajstić information content (AvgIpc) is 2.63. The first-order chi connectivity index (χ1) is 12.5. The van der Waals surface area contributed by atoms with Crippen LogP contribution in [0, 0.1) is 5.82 Å². The molecule has 0 aliphatic carbocycles. The fourth-order valence-corrected chi connectivity index (χ4v) is 3.07. The minimum absolute atomic E-state index is 0.00233. The van der Waals surface area contributed by atoms with Crippen molar-refractivity contribution in [2.75, 3.05) is 11.1 Å². The van der Waals surface area contributed by atoms with Gasteiger partial charge in [-0.25, -0.2) is 4.39 Å². The number of carbonyl (C=O) groups excluding carboxylic acids is 1. The van der Waals surface area contributed by atoms with Crippen molar-refractivity contribution in [2.24, 2.45) is 10.1 Å². The maximum absolute atomic E-state index is 12.9. The number of halogens is 1. The fourth-order valence-electron chi connectivity index (χ4n) is 2.30. The SMILES string of the molecule is CC(=O)Nc1cc(C2=NNC(=NCc3ccc(F)cc3)SC2)ccc1O. The highest BCUT2D eigenvalue weighted by Gasteiger charge is 2.15. The van der Waals surface area contributed by atoms with Crippen LogP contribution in [0.2, 0.25) is 0 Å². The summed E-state index contributed by atoms with van der Waals surface area (Å²) < 4.78 is 12.9. The van der Waals surface area contributed by atoms with Crippen LogP contribution in [0.4, 0.5) is 10.1 Å². The van der Waals surface area contributed by atoms with E-state index in [4.69, 9.17) is 0 Å². The van der Waals surface area contributed by atoms with Gasteiger partial charge in [-0.3, -0.25) is 15.2 Å². The molecule has 0 atom stereocenters. The molecule has 0 saturated carbocycles. The lowest BCUT2D eigenvalue weighted by atomic mass is 10.1. The van der Waals surface area contributed by atoms with Gasteiger partial charge in [-0.05, 0) is 35.9 Å². The Morgan fingerprint density at radius 1 is 1.35 bits per heavy atom. The van der Waals surface area contributed by atoms with Crippen LogP contribution >= 0.6 is 11.8 Å². The van der Waals surface area contributed by atoms with E-state index < -0.39 is 0 Å². The monoisotopic (exact) mass is 372 g/mol. The molecule has 0 saturated heterocycles. The highest BCUT2D eigenvalue weighted by Crippen LogP contribution is 2.26. The summed E-state index contributed by atoms with van der Waals surface area (Å²) in [7, 11) is 0. The number of nitrogens with one attached hydrogen (secondary N) is 2. The van der Waals surface area contributed by atoms with E-state index in [9.17, 15) is 14.3 Å². The lowest BCUT2D eigenvalue weighted by molar-refractivity contribution is -0.114. The van der Waals surface area contributed by atoms with Gasteiger partial charge in [0.15, 0.2) is 5.17 Å². The van der Waals surface area contributed by atoms with Gasteiger partial charge in [-0.2, -0.15) is 5.10 Å². The highest BCUT2D eigenvalue weighted by molar-refractivity contribution is 8.14. The van der Waals surface area contributed by atoms with Gasteiger partial charge in [0.05, 0.1) is 17.9 Å². The fraction of sp³-hybridized carbons (Fsp3) is 0.167. The number of hydrogen-bond donors (Lipinski definition) is 3. The first-order valence-electron chi connectivity index (χ1n) is 7.86. The Hall–Kier alpha value is -2.87. The van der Waals surface area contributed by atoms with Crippen molar-refractivity contribution in [3.05, 3.63) is 59.4 Å². The van der Waals surface area contributed by atoms with Gasteiger partial charge in [0.2, 0.25) is 5.91 Å². The lowest BCUT2D eigenvalue weighted by Gasteiger charge is -2.16. The third-order valence-electron chi connectivity index (χ3n) is 3.59. The molecule has 0 bridgehead atoms. The standard InChI is InChI=1S/C18H17FN4O2S/c1-11(24)21-15-8-13(4-7-17(15)25)16-10-26-18(23-22-16)20-9-12-2-5-14(19)6-3-12/h2-8,25H,9-10H2,1H3,(H,20,23)(H,21,24). The van der Waals surface area contributed by atoms with Crippen molar-refractivity contribution in [3.63, 3.8) is 0 Å². The second kappa shape index (κ2) is 8.01. The number of phenolic OH excluding ortho intramolecular Hbond substituents is 1. The molecule has 0 aromatic heterocycles. The minimum Gasteiger partial charge on any atom is -0.506 e. The van der Waals surface area contributed by atoms with Crippen LogP contribution in [0.15, 0.2) is 52.6 Å². The van der Waals surface area contributed by atoms with Gasteiger partial charge in [0, 0.05) is 18.2 Å². The van der Waals surface area contributed by atoms with Crippen molar-refractivity contribution in [2.45, 2.75) is 13.5 Å². The van der Waals surface area contributed by atoms with Crippen LogP contribution < -0.4 is 10.7 Å². The van der Waals surface area contributed by atoms with E-state index in [2.05, 4.69) is 20.8 Å². The number of hydrazone groups is 1. The van der Waals surface area contributed by atoms with E-state index in [-0.39, 0.29) is 17.5 Å². The van der Waals surface area contributed by atoms with Gasteiger partial charge in [0.1, 0.15) is 11.6 Å². The second-order valence-corrected chi connectivity index (χ2v) is 6.58. The van der Waals surface area contributed by atoms with E-state index in [1.54, 1.807) is 24.3 Å². The van der Waals surface area contributed by atoms with Crippen LogP contribution in [0.25, 0.3) is 0 Å². The molecule has 2 aromatic rings. The third-order valence-corrected chi connectivity index (χ3v) is 4.50. The van der Waals surface area contributed by atoms with E-state index in [1.165, 1.54) is 36.9 Å². The summed E-state index contributed by atoms with van der Waals surface area (Å²) in [6.45, 7) is 1.82.